The third-order valence-corrected chi connectivity index (χ3v) is 4.74. The highest BCUT2D eigenvalue weighted by atomic mass is 16.5. The van der Waals surface area contributed by atoms with Crippen molar-refractivity contribution in [2.75, 3.05) is 45.8 Å². The number of benzene rings is 1. The number of aromatic carboxylic acids is 1. The zero-order valence-corrected chi connectivity index (χ0v) is 17.9. The van der Waals surface area contributed by atoms with Crippen LogP contribution in [0.1, 0.15) is 61.4 Å². The van der Waals surface area contributed by atoms with Gasteiger partial charge in [0, 0.05) is 20.2 Å². The van der Waals surface area contributed by atoms with Crippen LogP contribution >= 0.6 is 0 Å². The van der Waals surface area contributed by atoms with Crippen LogP contribution in [0.3, 0.4) is 0 Å². The van der Waals surface area contributed by atoms with E-state index in [0.717, 1.165) is 31.4 Å². The van der Waals surface area contributed by atoms with Gasteiger partial charge in [-0.15, -0.1) is 0 Å². The van der Waals surface area contributed by atoms with Gasteiger partial charge in [0.25, 0.3) is 5.91 Å². The van der Waals surface area contributed by atoms with Gasteiger partial charge in [0.2, 0.25) is 0 Å². The Morgan fingerprint density at radius 3 is 2.36 bits per heavy atom. The number of likely N-dealkylation sites (N-methyl/N-ethyl adjacent to an activating group) is 2. The molecule has 0 saturated carbocycles. The van der Waals surface area contributed by atoms with E-state index in [4.69, 9.17) is 4.74 Å². The first kappa shape index (κ1) is 24.1. The molecular formula is C22H36N2O4. The van der Waals surface area contributed by atoms with Crippen molar-refractivity contribution in [2.24, 2.45) is 0 Å². The summed E-state index contributed by atoms with van der Waals surface area (Å²) >= 11 is 0. The van der Waals surface area contributed by atoms with E-state index >= 15 is 0 Å². The van der Waals surface area contributed by atoms with Gasteiger partial charge in [0.1, 0.15) is 6.61 Å². The average Bonchev–Trinajstić information content (AvgIpc) is 2.67. The minimum absolute atomic E-state index is 0.0353. The van der Waals surface area contributed by atoms with Crippen LogP contribution in [0.5, 0.6) is 0 Å². The van der Waals surface area contributed by atoms with Crippen LogP contribution in [0.2, 0.25) is 0 Å². The number of hydrogen-bond acceptors (Lipinski definition) is 4. The number of carboxylic acid groups (broad SMARTS) is 1. The SMILES string of the molecule is CCCCCCCCOCC(=O)N(C)c1cc(CCN(C)C)ccc1C(=O)O. The minimum atomic E-state index is -1.04. The van der Waals surface area contributed by atoms with Crippen LogP contribution in [0.25, 0.3) is 0 Å². The molecule has 158 valence electrons. The first-order valence-corrected chi connectivity index (χ1v) is 10.2. The summed E-state index contributed by atoms with van der Waals surface area (Å²) < 4.78 is 5.51. The summed E-state index contributed by atoms with van der Waals surface area (Å²) in [6.07, 6.45) is 7.79. The molecule has 28 heavy (non-hydrogen) atoms. The highest BCUT2D eigenvalue weighted by Crippen LogP contribution is 2.22. The second kappa shape index (κ2) is 13.3. The maximum Gasteiger partial charge on any atom is 0.337 e. The predicted octanol–water partition coefficient (Wildman–Crippen LogP) is 3.83. The van der Waals surface area contributed by atoms with Crippen molar-refractivity contribution in [1.29, 1.82) is 0 Å². The standard InChI is InChI=1S/C22H36N2O4/c1-5-6-7-8-9-10-15-28-17-21(25)24(4)20-16-18(13-14-23(2)3)11-12-19(20)22(26)27/h11-12,16H,5-10,13-15,17H2,1-4H3,(H,26,27). The van der Waals surface area contributed by atoms with Gasteiger partial charge in [0.15, 0.2) is 0 Å². The first-order valence-electron chi connectivity index (χ1n) is 10.2. The third kappa shape index (κ3) is 8.85. The van der Waals surface area contributed by atoms with Gasteiger partial charge in [-0.3, -0.25) is 4.79 Å². The molecule has 0 spiro atoms. The maximum atomic E-state index is 12.5. The number of carboxylic acids is 1. The molecule has 1 rings (SSSR count). The van der Waals surface area contributed by atoms with Crippen molar-refractivity contribution in [3.8, 4) is 0 Å². The summed E-state index contributed by atoms with van der Waals surface area (Å²) in [7, 11) is 5.58. The molecule has 1 amide bonds. The van der Waals surface area contributed by atoms with E-state index in [0.29, 0.717) is 12.3 Å². The van der Waals surface area contributed by atoms with E-state index in [2.05, 4.69) is 11.8 Å². The number of anilines is 1. The number of carbonyl (C=O) groups excluding carboxylic acids is 1. The van der Waals surface area contributed by atoms with Crippen molar-refractivity contribution in [1.82, 2.24) is 4.90 Å². The second-order valence-electron chi connectivity index (χ2n) is 7.48. The topological polar surface area (TPSA) is 70.1 Å². The number of amides is 1. The molecule has 0 aromatic heterocycles. The lowest BCUT2D eigenvalue weighted by Gasteiger charge is -2.21. The van der Waals surface area contributed by atoms with Crippen LogP contribution in [0.4, 0.5) is 5.69 Å². The molecule has 0 atom stereocenters. The average molecular weight is 393 g/mol. The highest BCUT2D eigenvalue weighted by Gasteiger charge is 2.19. The largest absolute Gasteiger partial charge is 0.478 e. The Balaban J connectivity index is 2.59. The lowest BCUT2D eigenvalue weighted by molar-refractivity contribution is -0.122. The van der Waals surface area contributed by atoms with E-state index < -0.39 is 5.97 Å². The van der Waals surface area contributed by atoms with Crippen LogP contribution in [0, 0.1) is 0 Å². The first-order chi connectivity index (χ1) is 13.4. The second-order valence-corrected chi connectivity index (χ2v) is 7.48. The normalized spacial score (nSPS) is 11.0. The molecule has 0 bridgehead atoms. The minimum Gasteiger partial charge on any atom is -0.478 e. The van der Waals surface area contributed by atoms with Crippen LogP contribution in [-0.2, 0) is 16.0 Å². The van der Waals surface area contributed by atoms with Gasteiger partial charge < -0.3 is 19.6 Å². The summed E-state index contributed by atoms with van der Waals surface area (Å²) in [6, 6.07) is 5.17. The highest BCUT2D eigenvalue weighted by molar-refractivity contribution is 6.02. The van der Waals surface area contributed by atoms with Gasteiger partial charge in [-0.05, 0) is 44.6 Å². The van der Waals surface area contributed by atoms with Crippen molar-refractivity contribution in [2.45, 2.75) is 51.9 Å². The number of ether oxygens (including phenoxy) is 1. The molecule has 0 unspecified atom stereocenters. The predicted molar refractivity (Wildman–Crippen MR) is 113 cm³/mol. The Labute approximate surface area is 169 Å². The van der Waals surface area contributed by atoms with Crippen molar-refractivity contribution in [3.05, 3.63) is 29.3 Å². The van der Waals surface area contributed by atoms with Crippen molar-refractivity contribution in [3.63, 3.8) is 0 Å². The molecule has 1 aromatic rings. The zero-order valence-electron chi connectivity index (χ0n) is 17.9. The summed E-state index contributed by atoms with van der Waals surface area (Å²) in [5, 5.41) is 9.46. The summed E-state index contributed by atoms with van der Waals surface area (Å²) in [6.45, 7) is 3.57. The van der Waals surface area contributed by atoms with Gasteiger partial charge in [-0.1, -0.05) is 45.1 Å². The molecule has 0 heterocycles. The van der Waals surface area contributed by atoms with Crippen LogP contribution in [0.15, 0.2) is 18.2 Å². The Bertz CT molecular complexity index is 617. The van der Waals surface area contributed by atoms with Crippen LogP contribution < -0.4 is 4.90 Å². The van der Waals surface area contributed by atoms with Gasteiger partial charge in [-0.2, -0.15) is 0 Å². The van der Waals surface area contributed by atoms with Crippen molar-refractivity contribution >= 4 is 17.6 Å². The Hall–Kier alpha value is -1.92. The van der Waals surface area contributed by atoms with Gasteiger partial charge in [-0.25, -0.2) is 4.79 Å². The quantitative estimate of drug-likeness (QED) is 0.487. The number of carbonyl (C=O) groups is 2. The van der Waals surface area contributed by atoms with E-state index in [-0.39, 0.29) is 18.1 Å². The van der Waals surface area contributed by atoms with E-state index in [9.17, 15) is 14.7 Å². The molecule has 0 fully saturated rings. The molecule has 0 aliphatic heterocycles. The fourth-order valence-corrected chi connectivity index (χ4v) is 2.92. The lowest BCUT2D eigenvalue weighted by atomic mass is 10.1. The number of rotatable bonds is 14. The molecule has 0 aliphatic rings. The van der Waals surface area contributed by atoms with E-state index in [1.807, 2.05) is 20.2 Å². The zero-order chi connectivity index (χ0) is 20.9. The Kier molecular flexibility index (Phi) is 11.4. The molecule has 1 aromatic carbocycles. The Morgan fingerprint density at radius 2 is 1.71 bits per heavy atom. The van der Waals surface area contributed by atoms with Gasteiger partial charge in [0.05, 0.1) is 11.3 Å². The number of hydrogen-bond donors (Lipinski definition) is 1. The van der Waals surface area contributed by atoms with Crippen LogP contribution in [-0.4, -0.2) is 62.8 Å². The fourth-order valence-electron chi connectivity index (χ4n) is 2.92. The molecule has 0 saturated heterocycles. The van der Waals surface area contributed by atoms with E-state index in [1.54, 1.807) is 19.2 Å². The summed E-state index contributed by atoms with van der Waals surface area (Å²) in [5.74, 6) is -1.28. The summed E-state index contributed by atoms with van der Waals surface area (Å²) in [4.78, 5) is 27.5. The molecule has 6 heteroatoms. The number of unbranched alkanes of at least 4 members (excludes halogenated alkanes) is 5. The molecule has 0 radical (unpaired) electrons. The molecule has 0 aliphatic carbocycles. The van der Waals surface area contributed by atoms with Crippen molar-refractivity contribution < 1.29 is 19.4 Å². The lowest BCUT2D eigenvalue weighted by Crippen LogP contribution is -2.31. The molecule has 6 nitrogen and oxygen atoms in total. The maximum absolute atomic E-state index is 12.5. The molecule has 1 N–H and O–H groups in total. The molecular weight excluding hydrogens is 356 g/mol. The number of nitrogens with zero attached hydrogens (tertiary/aromatic N) is 2. The summed E-state index contributed by atoms with van der Waals surface area (Å²) in [5.41, 5.74) is 1.54. The third-order valence-electron chi connectivity index (χ3n) is 4.74. The Morgan fingerprint density at radius 1 is 1.04 bits per heavy atom. The monoisotopic (exact) mass is 392 g/mol. The van der Waals surface area contributed by atoms with Gasteiger partial charge >= 0.3 is 5.97 Å². The van der Waals surface area contributed by atoms with E-state index in [1.165, 1.54) is 30.6 Å². The fraction of sp³-hybridized carbons (Fsp3) is 0.636. The smallest absolute Gasteiger partial charge is 0.337 e.